The number of carbonyl (C=O) groups is 1. The number of furan rings is 1. The summed E-state index contributed by atoms with van der Waals surface area (Å²) in [5.41, 5.74) is 3.56. The van der Waals surface area contributed by atoms with Gasteiger partial charge >= 0.3 is 0 Å². The van der Waals surface area contributed by atoms with E-state index in [-0.39, 0.29) is 12.3 Å². The van der Waals surface area contributed by atoms with Gasteiger partial charge in [0.2, 0.25) is 5.91 Å². The molecule has 5 heteroatoms. The van der Waals surface area contributed by atoms with Gasteiger partial charge in [-0.1, -0.05) is 42.5 Å². The van der Waals surface area contributed by atoms with E-state index in [0.717, 1.165) is 44.2 Å². The second-order valence-corrected chi connectivity index (χ2v) is 6.57. The van der Waals surface area contributed by atoms with Crippen molar-refractivity contribution in [2.24, 2.45) is 0 Å². The second-order valence-electron chi connectivity index (χ2n) is 6.57. The molecule has 0 atom stereocenters. The quantitative estimate of drug-likeness (QED) is 0.504. The predicted octanol–water partition coefficient (Wildman–Crippen LogP) is 4.32. The van der Waals surface area contributed by atoms with Crippen molar-refractivity contribution in [3.63, 3.8) is 0 Å². The Balaban J connectivity index is 1.37. The second kappa shape index (κ2) is 6.29. The average molecular weight is 355 g/mol. The fraction of sp³-hybridized carbons (Fsp3) is 0.0909. The van der Waals surface area contributed by atoms with Crippen LogP contribution in [0.1, 0.15) is 11.4 Å². The highest BCUT2D eigenvalue weighted by Gasteiger charge is 2.13. The normalized spacial score (nSPS) is 11.4. The molecule has 2 aromatic heterocycles. The first kappa shape index (κ1) is 15.6. The van der Waals surface area contributed by atoms with Crippen LogP contribution in [0.5, 0.6) is 0 Å². The monoisotopic (exact) mass is 355 g/mol. The van der Waals surface area contributed by atoms with Crippen molar-refractivity contribution in [2.45, 2.75) is 13.0 Å². The number of rotatable bonds is 4. The molecule has 132 valence electrons. The highest BCUT2D eigenvalue weighted by Crippen LogP contribution is 2.30. The summed E-state index contributed by atoms with van der Waals surface area (Å²) in [5, 5.41) is 6.18. The van der Waals surface area contributed by atoms with E-state index < -0.39 is 0 Å². The maximum atomic E-state index is 12.5. The number of fused-ring (bicyclic) bond motifs is 4. The van der Waals surface area contributed by atoms with Gasteiger partial charge in [-0.3, -0.25) is 4.79 Å². The summed E-state index contributed by atoms with van der Waals surface area (Å²) in [4.78, 5) is 20.2. The highest BCUT2D eigenvalue weighted by atomic mass is 16.3. The molecule has 5 nitrogen and oxygen atoms in total. The number of aromatic amines is 1. The molecule has 27 heavy (non-hydrogen) atoms. The van der Waals surface area contributed by atoms with Gasteiger partial charge in [-0.05, 0) is 29.0 Å². The minimum atomic E-state index is -0.0638. The molecular formula is C22H17N3O2. The zero-order valence-electron chi connectivity index (χ0n) is 14.5. The summed E-state index contributed by atoms with van der Waals surface area (Å²) in [6.45, 7) is 0.365. The van der Waals surface area contributed by atoms with Gasteiger partial charge in [-0.15, -0.1) is 0 Å². The molecule has 0 spiro atoms. The number of benzene rings is 3. The number of hydrogen-bond donors (Lipinski definition) is 2. The Morgan fingerprint density at radius 2 is 1.89 bits per heavy atom. The van der Waals surface area contributed by atoms with E-state index in [9.17, 15) is 4.79 Å². The smallest absolute Gasteiger partial charge is 0.224 e. The Morgan fingerprint density at radius 1 is 1.04 bits per heavy atom. The highest BCUT2D eigenvalue weighted by molar-refractivity contribution is 6.08. The number of H-pyrrole nitrogens is 1. The minimum absolute atomic E-state index is 0.0638. The van der Waals surface area contributed by atoms with Crippen LogP contribution >= 0.6 is 0 Å². The van der Waals surface area contributed by atoms with E-state index in [0.29, 0.717) is 6.54 Å². The van der Waals surface area contributed by atoms with E-state index in [1.165, 1.54) is 0 Å². The lowest BCUT2D eigenvalue weighted by molar-refractivity contribution is -0.120. The molecule has 0 aliphatic rings. The Bertz CT molecular complexity index is 1250. The van der Waals surface area contributed by atoms with Crippen molar-refractivity contribution >= 4 is 38.7 Å². The minimum Gasteiger partial charge on any atom is -0.464 e. The Kier molecular flexibility index (Phi) is 3.64. The SMILES string of the molecule is O=C(Cc1coc2ccc3ccccc3c12)NCc1nc2ccccc2[nH]1. The molecule has 0 unspecified atom stereocenters. The lowest BCUT2D eigenvalue weighted by Crippen LogP contribution is -2.25. The molecule has 0 aliphatic carbocycles. The fourth-order valence-electron chi connectivity index (χ4n) is 3.51. The first-order valence-electron chi connectivity index (χ1n) is 8.86. The van der Waals surface area contributed by atoms with E-state index in [4.69, 9.17) is 4.42 Å². The molecule has 5 rings (SSSR count). The molecule has 0 saturated heterocycles. The fourth-order valence-corrected chi connectivity index (χ4v) is 3.51. The molecule has 2 heterocycles. The lowest BCUT2D eigenvalue weighted by atomic mass is 10.0. The van der Waals surface area contributed by atoms with Crippen LogP contribution in [0.4, 0.5) is 0 Å². The molecule has 0 bridgehead atoms. The third-order valence-corrected chi connectivity index (χ3v) is 4.78. The Morgan fingerprint density at radius 3 is 2.81 bits per heavy atom. The van der Waals surface area contributed by atoms with Crippen LogP contribution in [0.25, 0.3) is 32.8 Å². The average Bonchev–Trinajstić information content (AvgIpc) is 3.30. The number of nitrogens with zero attached hydrogens (tertiary/aromatic N) is 1. The first-order valence-corrected chi connectivity index (χ1v) is 8.86. The first-order chi connectivity index (χ1) is 13.3. The van der Waals surface area contributed by atoms with Crippen molar-refractivity contribution in [1.82, 2.24) is 15.3 Å². The molecule has 1 amide bonds. The van der Waals surface area contributed by atoms with Gasteiger partial charge in [0.1, 0.15) is 11.4 Å². The van der Waals surface area contributed by atoms with Gasteiger partial charge in [0.25, 0.3) is 0 Å². The molecule has 2 N–H and O–H groups in total. The van der Waals surface area contributed by atoms with Gasteiger partial charge in [0, 0.05) is 10.9 Å². The van der Waals surface area contributed by atoms with Gasteiger partial charge in [-0.25, -0.2) is 4.98 Å². The predicted molar refractivity (Wildman–Crippen MR) is 105 cm³/mol. The van der Waals surface area contributed by atoms with Crippen molar-refractivity contribution < 1.29 is 9.21 Å². The van der Waals surface area contributed by atoms with E-state index >= 15 is 0 Å². The number of aromatic nitrogens is 2. The van der Waals surface area contributed by atoms with Crippen LogP contribution < -0.4 is 5.32 Å². The topological polar surface area (TPSA) is 70.9 Å². The Labute approximate surface area is 155 Å². The number of hydrogen-bond acceptors (Lipinski definition) is 3. The van der Waals surface area contributed by atoms with Crippen molar-refractivity contribution in [3.8, 4) is 0 Å². The molecule has 0 fully saturated rings. The summed E-state index contributed by atoms with van der Waals surface area (Å²) >= 11 is 0. The third-order valence-electron chi connectivity index (χ3n) is 4.78. The van der Waals surface area contributed by atoms with E-state index in [1.54, 1.807) is 6.26 Å². The summed E-state index contributed by atoms with van der Waals surface area (Å²) in [6, 6.07) is 19.9. The van der Waals surface area contributed by atoms with Crippen LogP contribution in [-0.4, -0.2) is 15.9 Å². The van der Waals surface area contributed by atoms with Gasteiger partial charge < -0.3 is 14.7 Å². The molecule has 3 aromatic carbocycles. The number of para-hydroxylation sites is 2. The van der Waals surface area contributed by atoms with Crippen LogP contribution in [0.2, 0.25) is 0 Å². The molecular weight excluding hydrogens is 338 g/mol. The molecule has 0 radical (unpaired) electrons. The number of imidazole rings is 1. The third kappa shape index (κ3) is 2.83. The summed E-state index contributed by atoms with van der Waals surface area (Å²) in [7, 11) is 0. The van der Waals surface area contributed by atoms with Crippen LogP contribution in [0, 0.1) is 0 Å². The summed E-state index contributed by atoms with van der Waals surface area (Å²) in [5.74, 6) is 0.679. The largest absolute Gasteiger partial charge is 0.464 e. The standard InChI is InChI=1S/C22H17N3O2/c26-21(23-12-20-24-17-7-3-4-8-18(17)25-20)11-15-13-27-19-10-9-14-5-1-2-6-16(14)22(15)19/h1-10,13H,11-12H2,(H,23,26)(H,24,25). The van der Waals surface area contributed by atoms with E-state index in [2.05, 4.69) is 27.4 Å². The van der Waals surface area contributed by atoms with Crippen molar-refractivity contribution in [2.75, 3.05) is 0 Å². The maximum absolute atomic E-state index is 12.5. The zero-order valence-corrected chi connectivity index (χ0v) is 14.5. The van der Waals surface area contributed by atoms with Crippen molar-refractivity contribution in [3.05, 3.63) is 78.3 Å². The zero-order chi connectivity index (χ0) is 18.2. The maximum Gasteiger partial charge on any atom is 0.224 e. The van der Waals surface area contributed by atoms with E-state index in [1.807, 2.05) is 48.5 Å². The summed E-state index contributed by atoms with van der Waals surface area (Å²) in [6.07, 6.45) is 1.94. The number of amides is 1. The Hall–Kier alpha value is -3.60. The van der Waals surface area contributed by atoms with Gasteiger partial charge in [0.05, 0.1) is 30.3 Å². The van der Waals surface area contributed by atoms with Crippen LogP contribution in [-0.2, 0) is 17.8 Å². The van der Waals surface area contributed by atoms with Gasteiger partial charge in [0.15, 0.2) is 0 Å². The number of nitrogens with one attached hydrogen (secondary N) is 2. The molecule has 5 aromatic rings. The molecule has 0 saturated carbocycles. The van der Waals surface area contributed by atoms with Crippen molar-refractivity contribution in [1.29, 1.82) is 0 Å². The van der Waals surface area contributed by atoms with Crippen LogP contribution in [0.3, 0.4) is 0 Å². The summed E-state index contributed by atoms with van der Waals surface area (Å²) < 4.78 is 5.66. The van der Waals surface area contributed by atoms with Crippen LogP contribution in [0.15, 0.2) is 71.3 Å². The number of carbonyl (C=O) groups excluding carboxylic acids is 1. The van der Waals surface area contributed by atoms with Gasteiger partial charge in [-0.2, -0.15) is 0 Å². The lowest BCUT2D eigenvalue weighted by Gasteiger charge is -2.04. The molecule has 0 aliphatic heterocycles.